The second-order valence-electron chi connectivity index (χ2n) is 11.7. The molecule has 0 saturated carbocycles. The average Bonchev–Trinajstić information content (AvgIpc) is 3.50. The number of hydrogen-bond donors (Lipinski definition) is 0. The van der Waals surface area contributed by atoms with Crippen molar-refractivity contribution in [3.63, 3.8) is 0 Å². The molecule has 10 rings (SSSR count). The fourth-order valence-corrected chi connectivity index (χ4v) is 7.51. The molecule has 0 aliphatic heterocycles. The summed E-state index contributed by atoms with van der Waals surface area (Å²) in [5.74, 6) is 0. The van der Waals surface area contributed by atoms with Gasteiger partial charge in [-0.1, -0.05) is 97.1 Å². The maximum Gasteiger partial charge on any atom is -0.00134 e. The van der Waals surface area contributed by atoms with Crippen molar-refractivity contribution in [3.8, 4) is 22.3 Å². The van der Waals surface area contributed by atoms with E-state index in [0.717, 1.165) is 0 Å². The van der Waals surface area contributed by atoms with E-state index in [-0.39, 0.29) is 0 Å². The highest BCUT2D eigenvalue weighted by Gasteiger charge is 2.33. The lowest BCUT2D eigenvalue weighted by Crippen LogP contribution is -1.92. The van der Waals surface area contributed by atoms with Gasteiger partial charge in [0, 0.05) is 0 Å². The summed E-state index contributed by atoms with van der Waals surface area (Å²) in [7, 11) is 0. The molecule has 0 radical (unpaired) electrons. The quantitative estimate of drug-likeness (QED) is 0.184. The molecule has 192 valence electrons. The monoisotopic (exact) mass is 528 g/mol. The van der Waals surface area contributed by atoms with E-state index in [1.807, 2.05) is 0 Å². The molecule has 0 saturated heterocycles. The standard InChI is InChI=1S/C42H24/c1-5-13-29-21-37-33(17-25(29)9-1)34-18-26-10-2-6-14-30(26)22-38(34)41(37)42-39-23-31-15-7-3-11-27(31)19-35(39)36-20-28-12-4-8-16-32(28)24-40(36)42/h1-24H. The maximum absolute atomic E-state index is 2.43. The summed E-state index contributed by atoms with van der Waals surface area (Å²) in [6.07, 6.45) is 0. The van der Waals surface area contributed by atoms with E-state index in [4.69, 9.17) is 0 Å². The number of benzene rings is 8. The van der Waals surface area contributed by atoms with Gasteiger partial charge in [-0.2, -0.15) is 0 Å². The molecule has 0 nitrogen and oxygen atoms in total. The minimum absolute atomic E-state index is 1.28. The van der Waals surface area contributed by atoms with E-state index in [9.17, 15) is 0 Å². The summed E-state index contributed by atoms with van der Waals surface area (Å²) < 4.78 is 0. The SMILES string of the molecule is c1ccc2cc3c(cc2c1)C(=C1c2cc4ccccc4cc2-c2cc4ccccc4cc21)c1cc2ccccc2cc1-3. The minimum atomic E-state index is 1.28. The van der Waals surface area contributed by atoms with Crippen LogP contribution in [0.5, 0.6) is 0 Å². The lowest BCUT2D eigenvalue weighted by molar-refractivity contribution is 1.66. The molecule has 0 bridgehead atoms. The smallest absolute Gasteiger partial charge is 0.00134 e. The summed E-state index contributed by atoms with van der Waals surface area (Å²) in [5.41, 5.74) is 13.3. The van der Waals surface area contributed by atoms with E-state index in [0.29, 0.717) is 0 Å². The molecule has 0 spiro atoms. The van der Waals surface area contributed by atoms with Crippen LogP contribution in [0, 0.1) is 0 Å². The molecular formula is C42H24. The third-order valence-corrected chi connectivity index (χ3v) is 9.45. The second kappa shape index (κ2) is 8.06. The first-order valence-electron chi connectivity index (χ1n) is 14.7. The van der Waals surface area contributed by atoms with Gasteiger partial charge in [-0.25, -0.2) is 0 Å². The van der Waals surface area contributed by atoms with Crippen molar-refractivity contribution in [2.45, 2.75) is 0 Å². The predicted molar refractivity (Wildman–Crippen MR) is 179 cm³/mol. The summed E-state index contributed by atoms with van der Waals surface area (Å²) in [6, 6.07) is 54.4. The van der Waals surface area contributed by atoms with Crippen molar-refractivity contribution >= 4 is 54.2 Å². The van der Waals surface area contributed by atoms with Crippen LogP contribution in [0.15, 0.2) is 146 Å². The van der Waals surface area contributed by atoms with Crippen LogP contribution >= 0.6 is 0 Å². The van der Waals surface area contributed by atoms with E-state index >= 15 is 0 Å². The van der Waals surface area contributed by atoms with Crippen LogP contribution in [0.4, 0.5) is 0 Å². The molecular weight excluding hydrogens is 504 g/mol. The van der Waals surface area contributed by atoms with Crippen molar-refractivity contribution in [2.24, 2.45) is 0 Å². The van der Waals surface area contributed by atoms with Gasteiger partial charge in [0.05, 0.1) is 0 Å². The van der Waals surface area contributed by atoms with Gasteiger partial charge in [-0.05, 0) is 147 Å². The Morgan fingerprint density at radius 1 is 0.190 bits per heavy atom. The fourth-order valence-electron chi connectivity index (χ4n) is 7.51. The van der Waals surface area contributed by atoms with Crippen LogP contribution < -0.4 is 0 Å². The second-order valence-corrected chi connectivity index (χ2v) is 11.7. The number of rotatable bonds is 0. The van der Waals surface area contributed by atoms with Gasteiger partial charge >= 0.3 is 0 Å². The van der Waals surface area contributed by atoms with Crippen LogP contribution in [0.1, 0.15) is 22.3 Å². The average molecular weight is 529 g/mol. The molecule has 0 amide bonds. The lowest BCUT2D eigenvalue weighted by Gasteiger charge is -2.13. The van der Waals surface area contributed by atoms with Gasteiger partial charge in [-0.3, -0.25) is 0 Å². The van der Waals surface area contributed by atoms with Gasteiger partial charge in [0.1, 0.15) is 0 Å². The van der Waals surface area contributed by atoms with Crippen molar-refractivity contribution in [1.29, 1.82) is 0 Å². The highest BCUT2D eigenvalue weighted by molar-refractivity contribution is 6.23. The molecule has 2 aliphatic carbocycles. The normalized spacial score (nSPS) is 13.1. The molecule has 8 aromatic rings. The zero-order chi connectivity index (χ0) is 27.4. The van der Waals surface area contributed by atoms with Gasteiger partial charge in [-0.15, -0.1) is 0 Å². The molecule has 0 N–H and O–H groups in total. The van der Waals surface area contributed by atoms with Crippen molar-refractivity contribution < 1.29 is 0 Å². The first-order valence-corrected chi connectivity index (χ1v) is 14.7. The van der Waals surface area contributed by atoms with Gasteiger partial charge in [0.2, 0.25) is 0 Å². The number of fused-ring (bicyclic) bond motifs is 10. The van der Waals surface area contributed by atoms with Crippen LogP contribution in [0.25, 0.3) is 76.5 Å². The first kappa shape index (κ1) is 22.3. The summed E-state index contributed by atoms with van der Waals surface area (Å²) in [5, 5.41) is 10.3. The zero-order valence-electron chi connectivity index (χ0n) is 22.9. The van der Waals surface area contributed by atoms with Crippen LogP contribution in [-0.2, 0) is 0 Å². The van der Waals surface area contributed by atoms with Crippen molar-refractivity contribution in [2.75, 3.05) is 0 Å². The lowest BCUT2D eigenvalue weighted by atomic mass is 9.89. The van der Waals surface area contributed by atoms with E-state index in [1.54, 1.807) is 0 Å². The predicted octanol–water partition coefficient (Wildman–Crippen LogP) is 11.3. The summed E-state index contributed by atoms with van der Waals surface area (Å²) in [4.78, 5) is 0. The minimum Gasteiger partial charge on any atom is -0.0616 e. The molecule has 0 unspecified atom stereocenters. The summed E-state index contributed by atoms with van der Waals surface area (Å²) in [6.45, 7) is 0. The highest BCUT2D eigenvalue weighted by Crippen LogP contribution is 2.56. The Balaban J connectivity index is 1.42. The van der Waals surface area contributed by atoms with E-state index in [1.165, 1.54) is 98.7 Å². The van der Waals surface area contributed by atoms with Crippen molar-refractivity contribution in [1.82, 2.24) is 0 Å². The Morgan fingerprint density at radius 3 is 0.548 bits per heavy atom. The molecule has 42 heavy (non-hydrogen) atoms. The highest BCUT2D eigenvalue weighted by atomic mass is 14.4. The largest absolute Gasteiger partial charge is 0.0616 e. The fraction of sp³-hybridized carbons (Fsp3) is 0. The van der Waals surface area contributed by atoms with Crippen LogP contribution in [0.2, 0.25) is 0 Å². The van der Waals surface area contributed by atoms with Gasteiger partial charge < -0.3 is 0 Å². The molecule has 0 fully saturated rings. The van der Waals surface area contributed by atoms with Gasteiger partial charge in [0.25, 0.3) is 0 Å². The Hall–Kier alpha value is -5.46. The van der Waals surface area contributed by atoms with Crippen LogP contribution in [-0.4, -0.2) is 0 Å². The third kappa shape index (κ3) is 2.96. The molecule has 0 aromatic heterocycles. The van der Waals surface area contributed by atoms with Gasteiger partial charge in [0.15, 0.2) is 0 Å². The van der Waals surface area contributed by atoms with E-state index < -0.39 is 0 Å². The van der Waals surface area contributed by atoms with Crippen molar-refractivity contribution in [3.05, 3.63) is 168 Å². The van der Waals surface area contributed by atoms with E-state index in [2.05, 4.69) is 146 Å². The molecule has 0 heteroatoms. The Morgan fingerprint density at radius 2 is 0.357 bits per heavy atom. The molecule has 2 aliphatic rings. The first-order chi connectivity index (χ1) is 20.8. The number of hydrogen-bond acceptors (Lipinski definition) is 0. The third-order valence-electron chi connectivity index (χ3n) is 9.45. The Bertz CT molecular complexity index is 2160. The molecule has 0 atom stereocenters. The maximum atomic E-state index is 2.43. The van der Waals surface area contributed by atoms with Crippen LogP contribution in [0.3, 0.4) is 0 Å². The Kier molecular flexibility index (Phi) is 4.27. The summed E-state index contributed by atoms with van der Waals surface area (Å²) >= 11 is 0. The molecule has 8 aromatic carbocycles. The molecule has 0 heterocycles. The zero-order valence-corrected chi connectivity index (χ0v) is 22.9. The Labute approximate surface area is 243 Å². The topological polar surface area (TPSA) is 0 Å².